The summed E-state index contributed by atoms with van der Waals surface area (Å²) < 4.78 is 0. The van der Waals surface area contributed by atoms with Gasteiger partial charge in [-0.1, -0.05) is 19.8 Å². The van der Waals surface area contributed by atoms with E-state index in [-0.39, 0.29) is 0 Å². The Morgan fingerprint density at radius 3 is 2.38 bits per heavy atom. The summed E-state index contributed by atoms with van der Waals surface area (Å²) >= 11 is 0. The molecule has 3 atom stereocenters. The van der Waals surface area contributed by atoms with Crippen LogP contribution in [0.2, 0.25) is 0 Å². The number of hydrogen-bond donors (Lipinski definition) is 3. The van der Waals surface area contributed by atoms with E-state index >= 15 is 0 Å². The molecule has 2 fully saturated rings. The molecule has 0 spiro atoms. The van der Waals surface area contributed by atoms with Gasteiger partial charge in [-0.05, 0) is 12.8 Å². The van der Waals surface area contributed by atoms with Crippen LogP contribution in [0.1, 0.15) is 32.6 Å². The van der Waals surface area contributed by atoms with E-state index in [2.05, 4.69) is 5.32 Å². The first-order valence-corrected chi connectivity index (χ1v) is 4.88. The van der Waals surface area contributed by atoms with Gasteiger partial charge < -0.3 is 16.2 Å². The van der Waals surface area contributed by atoms with Crippen molar-refractivity contribution in [1.29, 1.82) is 0 Å². The van der Waals surface area contributed by atoms with Gasteiger partial charge in [-0.15, -0.1) is 0 Å². The molecular weight excluding hydrogens is 168 g/mol. The summed E-state index contributed by atoms with van der Waals surface area (Å²) in [5.41, 5.74) is 4.79. The molecule has 1 saturated carbocycles. The van der Waals surface area contributed by atoms with E-state index in [1.165, 1.54) is 6.42 Å². The molecule has 0 aromatic rings. The maximum atomic E-state index is 10.2. The molecule has 4 heteroatoms. The molecule has 1 amide bonds. The molecule has 13 heavy (non-hydrogen) atoms. The van der Waals surface area contributed by atoms with Crippen LogP contribution in [0.25, 0.3) is 0 Å². The zero-order chi connectivity index (χ0) is 9.84. The summed E-state index contributed by atoms with van der Waals surface area (Å²) in [5, 5.41) is 12.0. The third kappa shape index (κ3) is 4.24. The van der Waals surface area contributed by atoms with Gasteiger partial charge in [0.2, 0.25) is 5.91 Å². The van der Waals surface area contributed by atoms with E-state index in [1.807, 2.05) is 6.92 Å². The Labute approximate surface area is 78.5 Å². The Morgan fingerprint density at radius 2 is 2.15 bits per heavy atom. The van der Waals surface area contributed by atoms with Crippen LogP contribution < -0.4 is 11.1 Å². The molecule has 1 aliphatic heterocycles. The molecule has 4 N–H and O–H groups in total. The van der Waals surface area contributed by atoms with Crippen LogP contribution in [-0.4, -0.2) is 29.2 Å². The number of nitrogens with two attached hydrogens (primary N) is 1. The quantitative estimate of drug-likeness (QED) is 0.529. The lowest BCUT2D eigenvalue weighted by molar-refractivity contribution is -0.126. The Hall–Kier alpha value is -0.610. The lowest BCUT2D eigenvalue weighted by Gasteiger charge is -2.02. The van der Waals surface area contributed by atoms with E-state index in [4.69, 9.17) is 10.8 Å². The average Bonchev–Trinajstić information content (AvgIpc) is 2.87. The zero-order valence-corrected chi connectivity index (χ0v) is 7.99. The third-order valence-corrected chi connectivity index (χ3v) is 2.27. The molecule has 0 aromatic carbocycles. The second kappa shape index (κ2) is 4.58. The SMILES string of the molecule is C1C2NC12.CCCCC(O)C(N)=O. The Kier molecular flexibility index (Phi) is 3.69. The van der Waals surface area contributed by atoms with Gasteiger partial charge >= 0.3 is 0 Å². The highest BCUT2D eigenvalue weighted by Gasteiger charge is 2.52. The van der Waals surface area contributed by atoms with Gasteiger partial charge in [0.15, 0.2) is 0 Å². The minimum absolute atomic E-state index is 0.492. The maximum absolute atomic E-state index is 10.2. The predicted octanol–water partition coefficient (Wildman–Crippen LogP) is -0.247. The largest absolute Gasteiger partial charge is 0.383 e. The number of nitrogens with one attached hydrogen (secondary N) is 1. The number of amides is 1. The van der Waals surface area contributed by atoms with Gasteiger partial charge in [-0.2, -0.15) is 0 Å². The van der Waals surface area contributed by atoms with Gasteiger partial charge in [0.25, 0.3) is 0 Å². The average molecular weight is 186 g/mol. The van der Waals surface area contributed by atoms with Crippen molar-refractivity contribution < 1.29 is 9.90 Å². The molecule has 76 valence electrons. The smallest absolute Gasteiger partial charge is 0.246 e. The third-order valence-electron chi connectivity index (χ3n) is 2.27. The van der Waals surface area contributed by atoms with Crippen LogP contribution in [0.3, 0.4) is 0 Å². The topological polar surface area (TPSA) is 85.3 Å². The number of fused-ring (bicyclic) bond motifs is 1. The first-order valence-electron chi connectivity index (χ1n) is 4.88. The van der Waals surface area contributed by atoms with E-state index in [0.717, 1.165) is 24.9 Å². The van der Waals surface area contributed by atoms with Gasteiger partial charge in [0.1, 0.15) is 6.10 Å². The highest BCUT2D eigenvalue weighted by atomic mass is 16.3. The minimum atomic E-state index is -0.940. The van der Waals surface area contributed by atoms with E-state index in [9.17, 15) is 4.79 Å². The normalized spacial score (nSPS) is 29.4. The monoisotopic (exact) mass is 186 g/mol. The predicted molar refractivity (Wildman–Crippen MR) is 50.1 cm³/mol. The highest BCUT2D eigenvalue weighted by Crippen LogP contribution is 2.35. The summed E-state index contributed by atoms with van der Waals surface area (Å²) in [6, 6.07) is 2.00. The highest BCUT2D eigenvalue weighted by molar-refractivity contribution is 5.78. The van der Waals surface area contributed by atoms with Gasteiger partial charge in [0, 0.05) is 12.1 Å². The standard InChI is InChI=1S/C6H13NO2.C3H5N/c1-2-3-4-5(8)6(7)9;1-2-3(1)4-2/h5,8H,2-4H2,1H3,(H2,7,9);2-4H,1H2. The molecule has 1 heterocycles. The molecule has 4 nitrogen and oxygen atoms in total. The number of carbonyl (C=O) groups excluding carboxylic acids is 1. The summed E-state index contributed by atoms with van der Waals surface area (Å²) in [6.07, 6.45) is 2.85. The van der Waals surface area contributed by atoms with Crippen LogP contribution in [0, 0.1) is 0 Å². The number of aliphatic hydroxyl groups is 1. The van der Waals surface area contributed by atoms with Crippen molar-refractivity contribution in [2.24, 2.45) is 5.73 Å². The van der Waals surface area contributed by atoms with Gasteiger partial charge in [0.05, 0.1) is 0 Å². The molecule has 0 aromatic heterocycles. The van der Waals surface area contributed by atoms with Crippen molar-refractivity contribution in [3.05, 3.63) is 0 Å². The Bertz CT molecular complexity index is 172. The van der Waals surface area contributed by atoms with Crippen LogP contribution in [0.5, 0.6) is 0 Å². The van der Waals surface area contributed by atoms with Crippen molar-refractivity contribution in [1.82, 2.24) is 5.32 Å². The van der Waals surface area contributed by atoms with Crippen molar-refractivity contribution in [2.75, 3.05) is 0 Å². The van der Waals surface area contributed by atoms with E-state index < -0.39 is 12.0 Å². The number of hydrogen-bond acceptors (Lipinski definition) is 3. The number of rotatable bonds is 4. The number of unbranched alkanes of at least 4 members (excludes halogenated alkanes) is 1. The summed E-state index contributed by atoms with van der Waals surface area (Å²) in [5.74, 6) is -0.622. The lowest BCUT2D eigenvalue weighted by atomic mass is 10.1. The van der Waals surface area contributed by atoms with E-state index in [0.29, 0.717) is 6.42 Å². The van der Waals surface area contributed by atoms with Crippen LogP contribution in [0.15, 0.2) is 0 Å². The van der Waals surface area contributed by atoms with E-state index in [1.54, 1.807) is 0 Å². The van der Waals surface area contributed by atoms with Crippen LogP contribution in [0.4, 0.5) is 0 Å². The Morgan fingerprint density at radius 1 is 1.69 bits per heavy atom. The summed E-state index contributed by atoms with van der Waals surface area (Å²) in [6.45, 7) is 1.99. The van der Waals surface area contributed by atoms with Crippen molar-refractivity contribution in [2.45, 2.75) is 50.8 Å². The van der Waals surface area contributed by atoms with Crippen molar-refractivity contribution >= 4 is 5.91 Å². The fourth-order valence-corrected chi connectivity index (χ4v) is 0.930. The van der Waals surface area contributed by atoms with Crippen molar-refractivity contribution in [3.8, 4) is 0 Å². The first-order chi connectivity index (χ1) is 6.15. The second-order valence-electron chi connectivity index (χ2n) is 3.68. The van der Waals surface area contributed by atoms with Crippen LogP contribution in [-0.2, 0) is 4.79 Å². The summed E-state index contributed by atoms with van der Waals surface area (Å²) in [4.78, 5) is 10.2. The first kappa shape index (κ1) is 10.5. The summed E-state index contributed by atoms with van der Waals surface area (Å²) in [7, 11) is 0. The van der Waals surface area contributed by atoms with Crippen molar-refractivity contribution in [3.63, 3.8) is 0 Å². The molecule has 1 saturated heterocycles. The Balaban J connectivity index is 0.000000166. The van der Waals surface area contributed by atoms with Gasteiger partial charge in [-0.3, -0.25) is 4.79 Å². The number of carbonyl (C=O) groups is 1. The van der Waals surface area contributed by atoms with Gasteiger partial charge in [-0.25, -0.2) is 0 Å². The van der Waals surface area contributed by atoms with Crippen LogP contribution >= 0.6 is 0 Å². The molecule has 3 unspecified atom stereocenters. The molecule has 2 aliphatic rings. The minimum Gasteiger partial charge on any atom is -0.383 e. The molecule has 0 bridgehead atoms. The second-order valence-corrected chi connectivity index (χ2v) is 3.68. The number of primary amides is 1. The maximum Gasteiger partial charge on any atom is 0.246 e. The fourth-order valence-electron chi connectivity index (χ4n) is 0.930. The molecule has 1 aliphatic carbocycles. The molecular formula is C9H18N2O2. The molecule has 0 radical (unpaired) electrons. The number of aliphatic hydroxyl groups excluding tert-OH is 1. The zero-order valence-electron chi connectivity index (χ0n) is 7.99. The fraction of sp³-hybridized carbons (Fsp3) is 0.889. The lowest BCUT2D eigenvalue weighted by Crippen LogP contribution is -2.27. The molecule has 2 rings (SSSR count).